The number of nitrogens with one attached hydrogen (secondary N) is 1. The second kappa shape index (κ2) is 7.34. The van der Waals surface area contributed by atoms with Crippen molar-refractivity contribution in [2.45, 2.75) is 19.4 Å². The average Bonchev–Trinajstić information content (AvgIpc) is 2.43. The third kappa shape index (κ3) is 4.02. The lowest BCUT2D eigenvalue weighted by molar-refractivity contribution is 0.509. The van der Waals surface area contributed by atoms with Crippen LogP contribution in [0.25, 0.3) is 0 Å². The molecular formula is C16H15BrClF2N. The highest BCUT2D eigenvalue weighted by molar-refractivity contribution is 9.10. The van der Waals surface area contributed by atoms with Crippen LogP contribution in [0.5, 0.6) is 0 Å². The van der Waals surface area contributed by atoms with Crippen LogP contribution >= 0.6 is 27.5 Å². The number of benzene rings is 2. The van der Waals surface area contributed by atoms with E-state index in [9.17, 15) is 8.78 Å². The maximum absolute atomic E-state index is 14.1. The third-order valence-corrected chi connectivity index (χ3v) is 4.16. The fourth-order valence-corrected chi connectivity index (χ4v) is 2.99. The van der Waals surface area contributed by atoms with Gasteiger partial charge < -0.3 is 5.32 Å². The Balaban J connectivity index is 2.33. The summed E-state index contributed by atoms with van der Waals surface area (Å²) >= 11 is 9.30. The van der Waals surface area contributed by atoms with Crippen LogP contribution in [-0.2, 0) is 6.42 Å². The molecule has 1 N–H and O–H groups in total. The van der Waals surface area contributed by atoms with Crippen molar-refractivity contribution in [1.29, 1.82) is 0 Å². The Morgan fingerprint density at radius 2 is 1.95 bits per heavy atom. The molecule has 0 aliphatic heterocycles. The molecule has 0 bridgehead atoms. The molecule has 1 unspecified atom stereocenters. The number of rotatable bonds is 5. The Morgan fingerprint density at radius 3 is 2.57 bits per heavy atom. The van der Waals surface area contributed by atoms with E-state index in [1.165, 1.54) is 12.1 Å². The first kappa shape index (κ1) is 16.4. The van der Waals surface area contributed by atoms with Crippen LogP contribution in [0.4, 0.5) is 8.78 Å². The summed E-state index contributed by atoms with van der Waals surface area (Å²) in [6, 6.07) is 9.18. The molecule has 1 atom stereocenters. The summed E-state index contributed by atoms with van der Waals surface area (Å²) < 4.78 is 27.8. The van der Waals surface area contributed by atoms with E-state index < -0.39 is 0 Å². The van der Waals surface area contributed by atoms with E-state index in [0.29, 0.717) is 28.0 Å². The predicted molar refractivity (Wildman–Crippen MR) is 85.6 cm³/mol. The van der Waals surface area contributed by atoms with Gasteiger partial charge in [-0.15, -0.1) is 0 Å². The quantitative estimate of drug-likeness (QED) is 0.751. The zero-order valence-electron chi connectivity index (χ0n) is 11.5. The molecule has 21 heavy (non-hydrogen) atoms. The fourth-order valence-electron chi connectivity index (χ4n) is 2.27. The van der Waals surface area contributed by atoms with Gasteiger partial charge in [0.15, 0.2) is 0 Å². The molecular weight excluding hydrogens is 360 g/mol. The minimum absolute atomic E-state index is 0.263. The lowest BCUT2D eigenvalue weighted by Crippen LogP contribution is -2.24. The molecule has 1 nitrogen and oxygen atoms in total. The van der Waals surface area contributed by atoms with Crippen LogP contribution in [-0.4, -0.2) is 6.54 Å². The largest absolute Gasteiger partial charge is 0.310 e. The van der Waals surface area contributed by atoms with E-state index in [4.69, 9.17) is 11.6 Å². The van der Waals surface area contributed by atoms with E-state index in [-0.39, 0.29) is 17.7 Å². The molecule has 112 valence electrons. The summed E-state index contributed by atoms with van der Waals surface area (Å²) in [6.07, 6.45) is 0.521. The lowest BCUT2D eigenvalue weighted by Gasteiger charge is -2.20. The molecule has 2 rings (SSSR count). The molecule has 0 fully saturated rings. The van der Waals surface area contributed by atoms with Crippen molar-refractivity contribution in [1.82, 2.24) is 5.32 Å². The first-order valence-electron chi connectivity index (χ1n) is 6.64. The first-order valence-corrected chi connectivity index (χ1v) is 7.81. The van der Waals surface area contributed by atoms with E-state index in [1.807, 2.05) is 6.92 Å². The van der Waals surface area contributed by atoms with Crippen molar-refractivity contribution in [3.63, 3.8) is 0 Å². The first-order chi connectivity index (χ1) is 10.0. The van der Waals surface area contributed by atoms with Gasteiger partial charge in [0.25, 0.3) is 0 Å². The zero-order chi connectivity index (χ0) is 15.4. The van der Waals surface area contributed by atoms with E-state index in [2.05, 4.69) is 21.2 Å². The molecule has 0 aliphatic carbocycles. The lowest BCUT2D eigenvalue weighted by atomic mass is 9.98. The molecule has 0 aliphatic rings. The van der Waals surface area contributed by atoms with Gasteiger partial charge in [0.1, 0.15) is 11.6 Å². The highest BCUT2D eigenvalue weighted by Crippen LogP contribution is 2.29. The smallest absolute Gasteiger partial charge is 0.137 e. The van der Waals surface area contributed by atoms with Gasteiger partial charge >= 0.3 is 0 Å². The molecule has 0 spiro atoms. The van der Waals surface area contributed by atoms with Gasteiger partial charge in [-0.25, -0.2) is 8.78 Å². The maximum Gasteiger partial charge on any atom is 0.137 e. The monoisotopic (exact) mass is 373 g/mol. The fraction of sp³-hybridized carbons (Fsp3) is 0.250. The zero-order valence-corrected chi connectivity index (χ0v) is 13.8. The second-order valence-electron chi connectivity index (χ2n) is 4.70. The number of likely N-dealkylation sites (N-methyl/N-ethyl adjacent to an activating group) is 1. The highest BCUT2D eigenvalue weighted by Gasteiger charge is 2.19. The number of hydrogen-bond acceptors (Lipinski definition) is 1. The summed E-state index contributed by atoms with van der Waals surface area (Å²) in [5, 5.41) is 3.62. The molecule has 2 aromatic carbocycles. The highest BCUT2D eigenvalue weighted by atomic mass is 79.9. The van der Waals surface area contributed by atoms with Crippen molar-refractivity contribution in [3.05, 3.63) is 68.7 Å². The predicted octanol–water partition coefficient (Wildman–Crippen LogP) is 5.27. The van der Waals surface area contributed by atoms with Crippen molar-refractivity contribution < 1.29 is 8.78 Å². The van der Waals surface area contributed by atoms with Crippen LogP contribution in [0.1, 0.15) is 24.1 Å². The van der Waals surface area contributed by atoms with Crippen LogP contribution in [0, 0.1) is 11.6 Å². The van der Waals surface area contributed by atoms with E-state index >= 15 is 0 Å². The van der Waals surface area contributed by atoms with Gasteiger partial charge in [0, 0.05) is 16.6 Å². The van der Waals surface area contributed by atoms with Gasteiger partial charge in [-0.1, -0.05) is 30.7 Å². The van der Waals surface area contributed by atoms with Crippen LogP contribution in [0.15, 0.2) is 40.9 Å². The maximum atomic E-state index is 14.1. The molecule has 0 saturated carbocycles. The molecule has 0 aromatic heterocycles. The van der Waals surface area contributed by atoms with Crippen molar-refractivity contribution in [2.24, 2.45) is 0 Å². The molecule has 5 heteroatoms. The SMILES string of the molecule is CCNC(Cc1ccc(F)c(Br)c1)c1c(F)cccc1Cl. The normalized spacial score (nSPS) is 12.4. The minimum atomic E-state index is -0.338. The summed E-state index contributed by atoms with van der Waals surface area (Å²) in [6.45, 7) is 2.63. The van der Waals surface area contributed by atoms with Crippen molar-refractivity contribution in [3.8, 4) is 0 Å². The van der Waals surface area contributed by atoms with Crippen molar-refractivity contribution in [2.75, 3.05) is 6.54 Å². The van der Waals surface area contributed by atoms with Gasteiger partial charge in [0.2, 0.25) is 0 Å². The minimum Gasteiger partial charge on any atom is -0.310 e. The second-order valence-corrected chi connectivity index (χ2v) is 5.96. The molecule has 0 heterocycles. The third-order valence-electron chi connectivity index (χ3n) is 3.22. The molecule has 2 aromatic rings. The van der Waals surface area contributed by atoms with Crippen LogP contribution in [0.3, 0.4) is 0 Å². The Bertz CT molecular complexity index is 613. The van der Waals surface area contributed by atoms with Crippen LogP contribution in [0.2, 0.25) is 5.02 Å². The molecule has 0 radical (unpaired) electrons. The van der Waals surface area contributed by atoms with Gasteiger partial charge in [-0.05, 0) is 58.7 Å². The summed E-state index contributed by atoms with van der Waals surface area (Å²) in [5.74, 6) is -0.655. The van der Waals surface area contributed by atoms with E-state index in [1.54, 1.807) is 24.3 Å². The summed E-state index contributed by atoms with van der Waals surface area (Å²) in [7, 11) is 0. The molecule has 0 amide bonds. The Labute approximate surface area is 136 Å². The van der Waals surface area contributed by atoms with Crippen molar-refractivity contribution >= 4 is 27.5 Å². The Morgan fingerprint density at radius 1 is 1.19 bits per heavy atom. The topological polar surface area (TPSA) is 12.0 Å². The van der Waals surface area contributed by atoms with E-state index in [0.717, 1.165) is 5.56 Å². The Kier molecular flexibility index (Phi) is 5.73. The van der Waals surface area contributed by atoms with Gasteiger partial charge in [-0.3, -0.25) is 0 Å². The number of hydrogen-bond donors (Lipinski definition) is 1. The average molecular weight is 375 g/mol. The summed E-state index contributed by atoms with van der Waals surface area (Å²) in [4.78, 5) is 0. The van der Waals surface area contributed by atoms with Gasteiger partial charge in [0.05, 0.1) is 4.47 Å². The number of halogens is 4. The summed E-state index contributed by atoms with van der Waals surface area (Å²) in [5.41, 5.74) is 1.34. The van der Waals surface area contributed by atoms with Crippen LogP contribution < -0.4 is 5.32 Å². The Hall–Kier alpha value is -0.970. The van der Waals surface area contributed by atoms with Gasteiger partial charge in [-0.2, -0.15) is 0 Å². The molecule has 0 saturated heterocycles. The standard InChI is InChI=1S/C16H15BrClF2N/c1-2-21-15(16-12(18)4-3-5-14(16)20)9-10-6-7-13(19)11(17)8-10/h3-8,15,21H,2,9H2,1H3.